The number of ether oxygens (including phenoxy) is 5. The average Bonchev–Trinajstić information content (AvgIpc) is 3.26. The number of hydrogen-bond donors (Lipinski definition) is 0. The van der Waals surface area contributed by atoms with E-state index in [1.807, 2.05) is 0 Å². The lowest BCUT2D eigenvalue weighted by atomic mass is 9.85. The topological polar surface area (TPSA) is 149 Å². The molecule has 0 aliphatic carbocycles. The maximum atomic E-state index is 13.2. The van der Waals surface area contributed by atoms with Gasteiger partial charge in [0.1, 0.15) is 0 Å². The summed E-state index contributed by atoms with van der Waals surface area (Å²) in [7, 11) is 0. The van der Waals surface area contributed by atoms with Gasteiger partial charge >= 0.3 is 35.8 Å². The van der Waals surface area contributed by atoms with Crippen LogP contribution in [0.3, 0.4) is 0 Å². The fraction of sp³-hybridized carbons (Fsp3) is 0.353. The van der Waals surface area contributed by atoms with Crippen LogP contribution in [0.25, 0.3) is 21.9 Å². The number of rotatable bonds is 4. The largest absolute Gasteiger partial charge is 0.460 e. The van der Waals surface area contributed by atoms with E-state index >= 15 is 0 Å². The average molecular weight is 617 g/mol. The summed E-state index contributed by atoms with van der Waals surface area (Å²) in [6.07, 6.45) is -5.41. The Kier molecular flexibility index (Phi) is 8.99. The minimum absolute atomic E-state index is 0.0930. The zero-order chi connectivity index (χ0) is 32.4. The van der Waals surface area contributed by atoms with Crippen LogP contribution >= 0.6 is 0 Å². The predicted molar refractivity (Wildman–Crippen MR) is 158 cm³/mol. The maximum absolute atomic E-state index is 13.2. The third-order valence-electron chi connectivity index (χ3n) is 7.33. The van der Waals surface area contributed by atoms with Crippen LogP contribution < -0.4 is 0 Å². The summed E-state index contributed by atoms with van der Waals surface area (Å²) in [6.45, 7) is 6.31. The number of carbonyl (C=O) groups excluding carboxylic acids is 6. The van der Waals surface area contributed by atoms with Crippen LogP contribution in [0.1, 0.15) is 72.4 Å². The molecular weight excluding hydrogens is 584 g/mol. The van der Waals surface area contributed by atoms with Gasteiger partial charge < -0.3 is 23.7 Å². The fourth-order valence-electron chi connectivity index (χ4n) is 5.47. The van der Waals surface area contributed by atoms with E-state index in [-0.39, 0.29) is 36.8 Å². The number of fused-ring (bicyclic) bond motifs is 4. The second-order valence-electron chi connectivity index (χ2n) is 11.3. The van der Waals surface area contributed by atoms with E-state index in [0.717, 1.165) is 0 Å². The Morgan fingerprint density at radius 3 is 1.80 bits per heavy atom. The lowest BCUT2D eigenvalue weighted by Crippen LogP contribution is -2.48. The van der Waals surface area contributed by atoms with Crippen molar-refractivity contribution in [2.45, 2.75) is 77.8 Å². The third kappa shape index (κ3) is 6.57. The summed E-state index contributed by atoms with van der Waals surface area (Å²) in [5.74, 6) is -5.46. The van der Waals surface area contributed by atoms with Gasteiger partial charge in [-0.3, -0.25) is 9.59 Å². The Morgan fingerprint density at radius 1 is 0.644 bits per heavy atom. The lowest BCUT2D eigenvalue weighted by molar-refractivity contribution is -0.194. The molecule has 0 fully saturated rings. The Balaban J connectivity index is 1.66. The first-order valence-corrected chi connectivity index (χ1v) is 14.7. The lowest BCUT2D eigenvalue weighted by Gasteiger charge is -2.26. The highest BCUT2D eigenvalue weighted by Gasteiger charge is 2.43. The highest BCUT2D eigenvalue weighted by molar-refractivity contribution is 6.23. The summed E-state index contributed by atoms with van der Waals surface area (Å²) < 4.78 is 26.5. The highest BCUT2D eigenvalue weighted by Crippen LogP contribution is 2.41. The maximum Gasteiger partial charge on any atom is 0.352 e. The van der Waals surface area contributed by atoms with Crippen molar-refractivity contribution in [2.75, 3.05) is 0 Å². The van der Waals surface area contributed by atoms with Crippen molar-refractivity contribution in [3.05, 3.63) is 70.8 Å². The first kappa shape index (κ1) is 31.4. The monoisotopic (exact) mass is 616 g/mol. The highest BCUT2D eigenvalue weighted by atomic mass is 16.6. The molecule has 3 aromatic carbocycles. The van der Waals surface area contributed by atoms with Gasteiger partial charge in [-0.25, -0.2) is 19.2 Å². The zero-order valence-electron chi connectivity index (χ0n) is 25.2. The van der Waals surface area contributed by atoms with Crippen molar-refractivity contribution < 1.29 is 52.5 Å². The van der Waals surface area contributed by atoms with Gasteiger partial charge in [0.2, 0.25) is 12.2 Å². The second-order valence-corrected chi connectivity index (χ2v) is 11.3. The Hall–Kier alpha value is -5.06. The van der Waals surface area contributed by atoms with Crippen molar-refractivity contribution in [3.8, 4) is 11.1 Å². The van der Waals surface area contributed by atoms with Crippen LogP contribution in [0.15, 0.2) is 48.5 Å². The molecule has 0 radical (unpaired) electrons. The molecule has 2 aliphatic rings. The molecular formula is C34H32O11. The second kappa shape index (κ2) is 12.9. The van der Waals surface area contributed by atoms with Gasteiger partial charge in [0.25, 0.3) is 0 Å². The van der Waals surface area contributed by atoms with Gasteiger partial charge in [0.05, 0.1) is 23.3 Å². The standard InChI is InChI=1S/C34H32O11/c1-17(2)41-33(39)29-30(34(40)42-18(3)4)44-26(36)15-13-20-9-7-11-22-23(20)16-24-28(32(38)45-31(24)37)27(22)21-10-6-5-8-19(21)12-14-25(35)43-29/h5-11,16-18,29-30H,12-15H2,1-4H3/t29-,30-/m1/s1. The fourth-order valence-corrected chi connectivity index (χ4v) is 5.47. The molecule has 2 heterocycles. The van der Waals surface area contributed by atoms with E-state index in [9.17, 15) is 28.8 Å². The SMILES string of the molecule is CC(C)OC(=O)[C@@H]1OC(=O)CCc2ccccc2-c2c3c(cc4c(cccc24)CCC(=O)O[C@H]1C(=O)OC(C)C)C(=O)OC3=O. The van der Waals surface area contributed by atoms with Crippen LogP contribution in [-0.2, 0) is 55.7 Å². The summed E-state index contributed by atoms with van der Waals surface area (Å²) in [4.78, 5) is 78.4. The van der Waals surface area contributed by atoms with E-state index in [2.05, 4.69) is 0 Å². The van der Waals surface area contributed by atoms with Gasteiger partial charge in [0.15, 0.2) is 0 Å². The van der Waals surface area contributed by atoms with E-state index in [1.54, 1.807) is 76.2 Å². The molecule has 2 aliphatic heterocycles. The summed E-state index contributed by atoms with van der Waals surface area (Å²) in [6, 6.07) is 14.0. The molecule has 11 nitrogen and oxygen atoms in total. The minimum Gasteiger partial charge on any atom is -0.460 e. The zero-order valence-corrected chi connectivity index (χ0v) is 25.2. The molecule has 0 spiro atoms. The van der Waals surface area contributed by atoms with Crippen molar-refractivity contribution in [1.82, 2.24) is 0 Å². The van der Waals surface area contributed by atoms with Crippen LogP contribution in [-0.4, -0.2) is 60.2 Å². The van der Waals surface area contributed by atoms with Crippen LogP contribution in [0.5, 0.6) is 0 Å². The normalized spacial score (nSPS) is 18.7. The van der Waals surface area contributed by atoms with Gasteiger partial charge in [-0.15, -0.1) is 0 Å². The molecule has 0 saturated carbocycles. The Labute approximate surface area is 258 Å². The molecule has 11 heteroatoms. The Bertz CT molecular complexity index is 1720. The van der Waals surface area contributed by atoms with Crippen molar-refractivity contribution in [3.63, 3.8) is 0 Å². The van der Waals surface area contributed by atoms with E-state index in [1.165, 1.54) is 0 Å². The molecule has 234 valence electrons. The number of benzene rings is 3. The molecule has 0 saturated heterocycles. The first-order chi connectivity index (χ1) is 21.4. The molecule has 3 aromatic rings. The summed E-state index contributed by atoms with van der Waals surface area (Å²) in [5, 5.41) is 1.25. The molecule has 0 N–H and O–H groups in total. The van der Waals surface area contributed by atoms with Crippen molar-refractivity contribution >= 4 is 46.6 Å². The molecule has 4 bridgehead atoms. The van der Waals surface area contributed by atoms with Gasteiger partial charge in [-0.1, -0.05) is 42.5 Å². The van der Waals surface area contributed by atoms with E-state index < -0.39 is 60.2 Å². The molecule has 45 heavy (non-hydrogen) atoms. The number of aryl methyl sites for hydroxylation is 2. The van der Waals surface area contributed by atoms with Gasteiger partial charge in [0, 0.05) is 18.4 Å². The van der Waals surface area contributed by atoms with E-state index in [0.29, 0.717) is 33.0 Å². The van der Waals surface area contributed by atoms with Gasteiger partial charge in [-0.2, -0.15) is 0 Å². The van der Waals surface area contributed by atoms with Gasteiger partial charge in [-0.05, 0) is 74.1 Å². The molecule has 0 unspecified atom stereocenters. The summed E-state index contributed by atoms with van der Waals surface area (Å²) >= 11 is 0. The number of hydrogen-bond acceptors (Lipinski definition) is 11. The quantitative estimate of drug-likeness (QED) is 0.233. The first-order valence-electron chi connectivity index (χ1n) is 14.7. The predicted octanol–water partition coefficient (Wildman–Crippen LogP) is 4.42. The van der Waals surface area contributed by atoms with Crippen molar-refractivity contribution in [2.24, 2.45) is 0 Å². The number of cyclic esters (lactones) is 4. The van der Waals surface area contributed by atoms with Crippen molar-refractivity contribution in [1.29, 1.82) is 0 Å². The molecule has 0 aromatic heterocycles. The van der Waals surface area contributed by atoms with Crippen LogP contribution in [0, 0.1) is 0 Å². The number of esters is 6. The molecule has 5 rings (SSSR count). The third-order valence-corrected chi connectivity index (χ3v) is 7.33. The van der Waals surface area contributed by atoms with E-state index in [4.69, 9.17) is 23.7 Å². The molecule has 0 amide bonds. The van der Waals surface area contributed by atoms with Crippen LogP contribution in [0.4, 0.5) is 0 Å². The smallest absolute Gasteiger partial charge is 0.352 e. The summed E-state index contributed by atoms with van der Waals surface area (Å²) in [5.41, 5.74) is 2.58. The molecule has 2 atom stereocenters. The number of carbonyl (C=O) groups is 6. The minimum atomic E-state index is -1.92. The van der Waals surface area contributed by atoms with Crippen LogP contribution in [0.2, 0.25) is 0 Å². The Morgan fingerprint density at radius 2 is 1.20 bits per heavy atom.